The summed E-state index contributed by atoms with van der Waals surface area (Å²) in [5, 5.41) is 1.10. The van der Waals surface area contributed by atoms with Gasteiger partial charge in [0.2, 0.25) is 0 Å². The van der Waals surface area contributed by atoms with E-state index >= 15 is 0 Å². The van der Waals surface area contributed by atoms with Crippen LogP contribution in [-0.4, -0.2) is 27.2 Å². The largest absolute Gasteiger partial charge is 0.469 e. The topological polar surface area (TPSA) is 60.4 Å². The van der Waals surface area contributed by atoms with Gasteiger partial charge in [-0.1, -0.05) is 0 Å². The van der Waals surface area contributed by atoms with Crippen molar-refractivity contribution in [2.75, 3.05) is 12.9 Å². The smallest absolute Gasteiger partial charge is 0.306 e. The van der Waals surface area contributed by atoms with Crippen molar-refractivity contribution in [1.82, 2.24) is 0 Å². The van der Waals surface area contributed by atoms with E-state index in [1.807, 2.05) is 0 Å². The number of methoxy groups -OCH3 is 1. The fourth-order valence-electron chi connectivity index (χ4n) is 0.878. The van der Waals surface area contributed by atoms with Crippen molar-refractivity contribution in [3.63, 3.8) is 0 Å². The molecular weight excluding hydrogens is 243 g/mol. The first-order valence-electron chi connectivity index (χ1n) is 3.99. The second kappa shape index (κ2) is 4.71. The Labute approximate surface area is 90.6 Å². The van der Waals surface area contributed by atoms with Gasteiger partial charge >= 0.3 is 5.97 Å². The fourth-order valence-corrected chi connectivity index (χ4v) is 3.27. The summed E-state index contributed by atoms with van der Waals surface area (Å²) in [7, 11) is -2.39. The molecule has 0 aliphatic rings. The summed E-state index contributed by atoms with van der Waals surface area (Å²) < 4.78 is 39.8. The van der Waals surface area contributed by atoms with Crippen LogP contribution in [0.5, 0.6) is 0 Å². The number of halogens is 1. The minimum Gasteiger partial charge on any atom is -0.469 e. The number of esters is 1. The van der Waals surface area contributed by atoms with Crippen LogP contribution in [0.4, 0.5) is 4.39 Å². The fraction of sp³-hybridized carbons (Fsp3) is 0.375. The summed E-state index contributed by atoms with van der Waals surface area (Å²) in [5.74, 6) is -1.55. The SMILES string of the molecule is COC(=O)CCS(=O)(=O)c1cc(F)cs1. The number of carbonyl (C=O) groups is 1. The molecule has 0 radical (unpaired) electrons. The molecule has 84 valence electrons. The number of hydrogen-bond donors (Lipinski definition) is 0. The first-order chi connectivity index (χ1) is 6.95. The lowest BCUT2D eigenvalue weighted by Gasteiger charge is -1.99. The lowest BCUT2D eigenvalue weighted by Crippen LogP contribution is -2.11. The van der Waals surface area contributed by atoms with Crippen LogP contribution in [0.1, 0.15) is 6.42 Å². The van der Waals surface area contributed by atoms with Crippen molar-refractivity contribution in [3.05, 3.63) is 17.3 Å². The van der Waals surface area contributed by atoms with E-state index in [0.717, 1.165) is 22.8 Å². The van der Waals surface area contributed by atoms with Gasteiger partial charge in [0.05, 0.1) is 19.3 Å². The third kappa shape index (κ3) is 3.28. The summed E-state index contributed by atoms with van der Waals surface area (Å²) in [6.07, 6.45) is -0.224. The molecule has 0 atom stereocenters. The second-order valence-corrected chi connectivity index (χ2v) is 5.98. The van der Waals surface area contributed by atoms with Crippen molar-refractivity contribution >= 4 is 27.1 Å². The highest BCUT2D eigenvalue weighted by molar-refractivity contribution is 7.93. The van der Waals surface area contributed by atoms with Crippen LogP contribution in [0.3, 0.4) is 0 Å². The highest BCUT2D eigenvalue weighted by Crippen LogP contribution is 2.20. The Bertz CT molecular complexity index is 449. The normalized spacial score (nSPS) is 11.3. The van der Waals surface area contributed by atoms with Gasteiger partial charge in [0.25, 0.3) is 0 Å². The lowest BCUT2D eigenvalue weighted by atomic mass is 10.5. The number of hydrogen-bond acceptors (Lipinski definition) is 5. The number of carbonyl (C=O) groups excluding carboxylic acids is 1. The molecule has 4 nitrogen and oxygen atoms in total. The third-order valence-electron chi connectivity index (χ3n) is 1.65. The van der Waals surface area contributed by atoms with Crippen molar-refractivity contribution in [2.24, 2.45) is 0 Å². The van der Waals surface area contributed by atoms with Gasteiger partial charge in [-0.25, -0.2) is 12.8 Å². The molecule has 1 heterocycles. The molecule has 0 saturated heterocycles. The molecule has 1 aromatic rings. The molecule has 7 heteroatoms. The van der Waals surface area contributed by atoms with Crippen molar-refractivity contribution in [2.45, 2.75) is 10.6 Å². The molecule has 0 aliphatic heterocycles. The average molecular weight is 252 g/mol. The van der Waals surface area contributed by atoms with Crippen LogP contribution in [0.25, 0.3) is 0 Å². The second-order valence-electron chi connectivity index (χ2n) is 2.73. The van der Waals surface area contributed by atoms with E-state index in [0.29, 0.717) is 0 Å². The van der Waals surface area contributed by atoms with E-state index in [4.69, 9.17) is 0 Å². The monoisotopic (exact) mass is 252 g/mol. The predicted octanol–water partition coefficient (Wildman–Crippen LogP) is 1.22. The van der Waals surface area contributed by atoms with Crippen molar-refractivity contribution < 1.29 is 22.3 Å². The zero-order valence-electron chi connectivity index (χ0n) is 7.90. The van der Waals surface area contributed by atoms with E-state index in [9.17, 15) is 17.6 Å². The van der Waals surface area contributed by atoms with Crippen LogP contribution >= 0.6 is 11.3 Å². The number of ether oxygens (including phenoxy) is 1. The van der Waals surface area contributed by atoms with E-state index < -0.39 is 21.6 Å². The van der Waals surface area contributed by atoms with Gasteiger partial charge in [-0.2, -0.15) is 0 Å². The van der Waals surface area contributed by atoms with E-state index in [1.165, 1.54) is 7.11 Å². The summed E-state index contributed by atoms with van der Waals surface area (Å²) >= 11 is 0.801. The Morgan fingerprint density at radius 3 is 2.73 bits per heavy atom. The maximum atomic E-state index is 12.6. The molecule has 0 aliphatic carbocycles. The Morgan fingerprint density at radius 1 is 1.60 bits per heavy atom. The van der Waals surface area contributed by atoms with Crippen LogP contribution in [-0.2, 0) is 19.4 Å². The van der Waals surface area contributed by atoms with Crippen molar-refractivity contribution in [1.29, 1.82) is 0 Å². The minimum absolute atomic E-state index is 0.0658. The van der Waals surface area contributed by atoms with E-state index in [2.05, 4.69) is 4.74 Å². The molecule has 0 spiro atoms. The standard InChI is InChI=1S/C8H9FO4S2/c1-13-7(10)2-3-15(11,12)8-4-6(9)5-14-8/h4-5H,2-3H2,1H3. The van der Waals surface area contributed by atoms with E-state index in [1.54, 1.807) is 0 Å². The quantitative estimate of drug-likeness (QED) is 0.756. The van der Waals surface area contributed by atoms with Gasteiger partial charge in [0, 0.05) is 11.4 Å². The highest BCUT2D eigenvalue weighted by atomic mass is 32.2. The molecule has 0 bridgehead atoms. The van der Waals surface area contributed by atoms with Gasteiger partial charge < -0.3 is 4.74 Å². The molecule has 0 amide bonds. The predicted molar refractivity (Wildman–Crippen MR) is 53.0 cm³/mol. The zero-order valence-corrected chi connectivity index (χ0v) is 9.53. The van der Waals surface area contributed by atoms with Gasteiger partial charge in [0.1, 0.15) is 10.0 Å². The molecule has 0 saturated carbocycles. The Hall–Kier alpha value is -0.950. The average Bonchev–Trinajstić information content (AvgIpc) is 2.62. The molecule has 1 rings (SSSR count). The Kier molecular flexibility index (Phi) is 3.81. The maximum absolute atomic E-state index is 12.6. The summed E-state index contributed by atoms with van der Waals surface area (Å²) in [5.41, 5.74) is 0. The lowest BCUT2D eigenvalue weighted by molar-refractivity contribution is -0.140. The summed E-state index contributed by atoms with van der Waals surface area (Å²) in [6, 6.07) is 0.942. The molecule has 0 unspecified atom stereocenters. The van der Waals surface area contributed by atoms with Gasteiger partial charge in [-0.3, -0.25) is 4.79 Å². The Morgan fingerprint density at radius 2 is 2.27 bits per heavy atom. The zero-order chi connectivity index (χ0) is 11.5. The minimum atomic E-state index is -3.57. The molecule has 1 aromatic heterocycles. The maximum Gasteiger partial charge on any atom is 0.306 e. The van der Waals surface area contributed by atoms with Crippen LogP contribution < -0.4 is 0 Å². The first kappa shape index (κ1) is 12.1. The van der Waals surface area contributed by atoms with Crippen LogP contribution in [0.2, 0.25) is 0 Å². The number of thiophene rings is 1. The third-order valence-corrected chi connectivity index (χ3v) is 4.87. The van der Waals surface area contributed by atoms with Crippen molar-refractivity contribution in [3.8, 4) is 0 Å². The molecule has 0 fully saturated rings. The van der Waals surface area contributed by atoms with Crippen LogP contribution in [0, 0.1) is 5.82 Å². The summed E-state index contributed by atoms with van der Waals surface area (Å²) in [4.78, 5) is 10.7. The van der Waals surface area contributed by atoms with Gasteiger partial charge in [-0.15, -0.1) is 11.3 Å². The summed E-state index contributed by atoms with van der Waals surface area (Å²) in [6.45, 7) is 0. The number of rotatable bonds is 4. The first-order valence-corrected chi connectivity index (χ1v) is 6.52. The molecule has 15 heavy (non-hydrogen) atoms. The van der Waals surface area contributed by atoms with Crippen LogP contribution in [0.15, 0.2) is 15.7 Å². The molecular formula is C8H9FO4S2. The van der Waals surface area contributed by atoms with E-state index in [-0.39, 0.29) is 16.4 Å². The van der Waals surface area contributed by atoms with Gasteiger partial charge in [0.15, 0.2) is 9.84 Å². The van der Waals surface area contributed by atoms with Gasteiger partial charge in [-0.05, 0) is 0 Å². The Balaban J connectivity index is 2.72. The highest BCUT2D eigenvalue weighted by Gasteiger charge is 2.18. The number of sulfone groups is 1. The molecule has 0 N–H and O–H groups in total. The molecule has 0 aromatic carbocycles.